The van der Waals surface area contributed by atoms with Crippen molar-refractivity contribution in [3.8, 4) is 0 Å². The lowest BCUT2D eigenvalue weighted by Crippen LogP contribution is -2.62. The van der Waals surface area contributed by atoms with Crippen molar-refractivity contribution in [2.45, 2.75) is 51.7 Å². The van der Waals surface area contributed by atoms with Gasteiger partial charge in [-0.05, 0) is 17.9 Å². The summed E-state index contributed by atoms with van der Waals surface area (Å²) in [6.45, 7) is 5.16. The Morgan fingerprint density at radius 3 is 2.46 bits per heavy atom. The van der Waals surface area contributed by atoms with Gasteiger partial charge in [-0.1, -0.05) is 44.2 Å². The lowest BCUT2D eigenvalue weighted by molar-refractivity contribution is -0.145. The molecule has 2 saturated heterocycles. The van der Waals surface area contributed by atoms with Crippen molar-refractivity contribution in [2.24, 2.45) is 5.92 Å². The second-order valence-corrected chi connectivity index (χ2v) is 7.99. The summed E-state index contributed by atoms with van der Waals surface area (Å²) in [5.41, 5.74) is 0.925. The predicted octanol–water partition coefficient (Wildman–Crippen LogP) is 1.12. The van der Waals surface area contributed by atoms with Gasteiger partial charge in [0.25, 0.3) is 5.91 Å². The Kier molecular flexibility index (Phi) is 6.11. The number of hydrogen-bond donors (Lipinski definition) is 1. The normalized spacial score (nSPS) is 19.7. The van der Waals surface area contributed by atoms with Gasteiger partial charge in [-0.3, -0.25) is 19.2 Å². The zero-order chi connectivity index (χ0) is 20.3. The molecule has 7 nitrogen and oxygen atoms in total. The van der Waals surface area contributed by atoms with E-state index < -0.39 is 17.7 Å². The Bertz CT molecular complexity index is 756. The molecule has 2 aliphatic heterocycles. The summed E-state index contributed by atoms with van der Waals surface area (Å²) in [5.74, 6) is -0.989. The summed E-state index contributed by atoms with van der Waals surface area (Å²) in [4.78, 5) is 52.4. The summed E-state index contributed by atoms with van der Waals surface area (Å²) in [5, 5.41) is 2.71. The number of ketones is 1. The quantitative estimate of drug-likeness (QED) is 0.713. The first-order valence-corrected chi connectivity index (χ1v) is 9.81. The third kappa shape index (κ3) is 4.58. The second kappa shape index (κ2) is 8.54. The van der Waals surface area contributed by atoms with Crippen LogP contribution in [0.4, 0.5) is 0 Å². The maximum absolute atomic E-state index is 12.6. The van der Waals surface area contributed by atoms with Crippen molar-refractivity contribution in [1.82, 2.24) is 15.1 Å². The van der Waals surface area contributed by atoms with Crippen molar-refractivity contribution >= 4 is 23.5 Å². The van der Waals surface area contributed by atoms with E-state index in [9.17, 15) is 19.2 Å². The molecule has 28 heavy (non-hydrogen) atoms. The number of benzene rings is 1. The average molecular weight is 385 g/mol. The Balaban J connectivity index is 1.52. The van der Waals surface area contributed by atoms with E-state index in [-0.39, 0.29) is 24.3 Å². The molecule has 150 valence electrons. The van der Waals surface area contributed by atoms with Gasteiger partial charge in [0.05, 0.1) is 6.04 Å². The van der Waals surface area contributed by atoms with E-state index in [0.29, 0.717) is 38.4 Å². The molecular formula is C21H27N3O4. The average Bonchev–Trinajstić information content (AvgIpc) is 2.97. The summed E-state index contributed by atoms with van der Waals surface area (Å²) >= 11 is 0. The molecule has 0 aromatic heterocycles. The van der Waals surface area contributed by atoms with Gasteiger partial charge in [-0.15, -0.1) is 0 Å². The number of carbonyl (C=O) groups is 4. The van der Waals surface area contributed by atoms with Crippen molar-refractivity contribution in [3.63, 3.8) is 0 Å². The van der Waals surface area contributed by atoms with Crippen LogP contribution in [0.3, 0.4) is 0 Å². The molecule has 1 atom stereocenters. The van der Waals surface area contributed by atoms with Crippen LogP contribution in [0.15, 0.2) is 30.3 Å². The van der Waals surface area contributed by atoms with Crippen LogP contribution in [-0.2, 0) is 25.7 Å². The highest BCUT2D eigenvalue weighted by molar-refractivity contribution is 6.38. The number of amides is 3. The number of nitrogens with one attached hydrogen (secondary N) is 1. The van der Waals surface area contributed by atoms with E-state index in [1.165, 1.54) is 4.90 Å². The fourth-order valence-electron chi connectivity index (χ4n) is 3.64. The summed E-state index contributed by atoms with van der Waals surface area (Å²) in [6.07, 6.45) is 1.12. The molecule has 2 heterocycles. The van der Waals surface area contributed by atoms with Crippen molar-refractivity contribution in [3.05, 3.63) is 35.9 Å². The third-order valence-corrected chi connectivity index (χ3v) is 5.20. The van der Waals surface area contributed by atoms with Gasteiger partial charge in [0, 0.05) is 32.5 Å². The second-order valence-electron chi connectivity index (χ2n) is 7.99. The van der Waals surface area contributed by atoms with Gasteiger partial charge >= 0.3 is 0 Å². The molecule has 1 aromatic carbocycles. The SMILES string of the molecule is CC(C)CC(=O)N1CC(NC(=O)C(=O)[C@H]2CCC(=O)N2Cc2ccccc2)C1. The van der Waals surface area contributed by atoms with E-state index in [2.05, 4.69) is 5.32 Å². The minimum atomic E-state index is -0.716. The highest BCUT2D eigenvalue weighted by atomic mass is 16.2. The fourth-order valence-corrected chi connectivity index (χ4v) is 3.64. The highest BCUT2D eigenvalue weighted by Gasteiger charge is 2.40. The standard InChI is InChI=1S/C21H27N3O4/c1-14(2)10-19(26)23-12-16(13-23)22-21(28)20(27)17-8-9-18(25)24(17)11-15-6-4-3-5-7-15/h3-7,14,16-17H,8-13H2,1-2H3,(H,22,28)/t17-/m1/s1. The summed E-state index contributed by atoms with van der Waals surface area (Å²) in [6, 6.07) is 8.51. The van der Waals surface area contributed by atoms with Gasteiger partial charge in [0.1, 0.15) is 6.04 Å². The highest BCUT2D eigenvalue weighted by Crippen LogP contribution is 2.22. The molecule has 3 amide bonds. The third-order valence-electron chi connectivity index (χ3n) is 5.20. The first kappa shape index (κ1) is 20.0. The van der Waals surface area contributed by atoms with E-state index in [1.807, 2.05) is 44.2 Å². The number of hydrogen-bond acceptors (Lipinski definition) is 4. The molecule has 0 saturated carbocycles. The lowest BCUT2D eigenvalue weighted by Gasteiger charge is -2.40. The Morgan fingerprint density at radius 1 is 1.14 bits per heavy atom. The molecule has 2 aliphatic rings. The summed E-state index contributed by atoms with van der Waals surface area (Å²) < 4.78 is 0. The molecule has 0 bridgehead atoms. The fraction of sp³-hybridized carbons (Fsp3) is 0.524. The zero-order valence-electron chi connectivity index (χ0n) is 16.4. The van der Waals surface area contributed by atoms with E-state index in [1.54, 1.807) is 4.90 Å². The minimum Gasteiger partial charge on any atom is -0.343 e. The van der Waals surface area contributed by atoms with E-state index >= 15 is 0 Å². The molecular weight excluding hydrogens is 358 g/mol. The monoisotopic (exact) mass is 385 g/mol. The maximum atomic E-state index is 12.6. The van der Waals surface area contributed by atoms with Gasteiger partial charge in [0.15, 0.2) is 0 Å². The number of rotatable bonds is 7. The molecule has 0 unspecified atom stereocenters. The van der Waals surface area contributed by atoms with Crippen molar-refractivity contribution in [1.29, 1.82) is 0 Å². The van der Waals surface area contributed by atoms with Gasteiger partial charge in [-0.25, -0.2) is 0 Å². The van der Waals surface area contributed by atoms with Crippen molar-refractivity contribution in [2.75, 3.05) is 13.1 Å². The number of nitrogens with zero attached hydrogens (tertiary/aromatic N) is 2. The number of Topliss-reactive ketones (excluding diaryl/α,β-unsaturated/α-hetero) is 1. The first-order valence-electron chi connectivity index (χ1n) is 9.81. The minimum absolute atomic E-state index is 0.0715. The Hall–Kier alpha value is -2.70. The molecule has 7 heteroatoms. The molecule has 1 aromatic rings. The molecule has 1 N–H and O–H groups in total. The van der Waals surface area contributed by atoms with Crippen molar-refractivity contribution < 1.29 is 19.2 Å². The maximum Gasteiger partial charge on any atom is 0.289 e. The van der Waals surface area contributed by atoms with E-state index in [4.69, 9.17) is 0 Å². The van der Waals surface area contributed by atoms with Crippen LogP contribution in [0, 0.1) is 5.92 Å². The topological polar surface area (TPSA) is 86.8 Å². The lowest BCUT2D eigenvalue weighted by atomic mass is 10.0. The zero-order valence-corrected chi connectivity index (χ0v) is 16.4. The Labute approximate surface area is 165 Å². The summed E-state index contributed by atoms with van der Waals surface area (Å²) in [7, 11) is 0. The van der Waals surface area contributed by atoms with E-state index in [0.717, 1.165) is 5.56 Å². The largest absolute Gasteiger partial charge is 0.343 e. The smallest absolute Gasteiger partial charge is 0.289 e. The predicted molar refractivity (Wildman–Crippen MR) is 103 cm³/mol. The van der Waals surface area contributed by atoms with Gasteiger partial charge in [0.2, 0.25) is 17.6 Å². The van der Waals surface area contributed by atoms with Crippen LogP contribution >= 0.6 is 0 Å². The van der Waals surface area contributed by atoms with Crippen LogP contribution in [-0.4, -0.2) is 58.5 Å². The number of likely N-dealkylation sites (tertiary alicyclic amines) is 2. The van der Waals surface area contributed by atoms with Crippen LogP contribution in [0.2, 0.25) is 0 Å². The van der Waals surface area contributed by atoms with Gasteiger partial charge in [-0.2, -0.15) is 0 Å². The van der Waals surface area contributed by atoms with Crippen LogP contribution < -0.4 is 5.32 Å². The molecule has 3 rings (SSSR count). The van der Waals surface area contributed by atoms with Crippen LogP contribution in [0.25, 0.3) is 0 Å². The molecule has 0 spiro atoms. The number of carbonyl (C=O) groups excluding carboxylic acids is 4. The molecule has 0 radical (unpaired) electrons. The van der Waals surface area contributed by atoms with Gasteiger partial charge < -0.3 is 15.1 Å². The molecule has 2 fully saturated rings. The Morgan fingerprint density at radius 2 is 1.82 bits per heavy atom. The van der Waals surface area contributed by atoms with Crippen LogP contribution in [0.5, 0.6) is 0 Å². The first-order chi connectivity index (χ1) is 13.3. The molecule has 0 aliphatic carbocycles. The van der Waals surface area contributed by atoms with Crippen LogP contribution in [0.1, 0.15) is 38.7 Å².